The molecule has 0 aromatic heterocycles. The normalized spacial score (nSPS) is 12.9. The molecule has 0 saturated carbocycles. The Hall–Kier alpha value is -0.930. The summed E-state index contributed by atoms with van der Waals surface area (Å²) in [7, 11) is 0. The van der Waals surface area contributed by atoms with Gasteiger partial charge in [-0.1, -0.05) is 12.1 Å². The Balaban J connectivity index is 2.73. The van der Waals surface area contributed by atoms with Crippen LogP contribution in [0, 0.1) is 12.7 Å². The highest BCUT2D eigenvalue weighted by Gasteiger charge is 2.04. The van der Waals surface area contributed by atoms with E-state index in [1.165, 1.54) is 6.07 Å². The molecule has 1 aromatic rings. The molecule has 0 aliphatic heterocycles. The number of rotatable bonds is 3. The molecule has 0 heterocycles. The van der Waals surface area contributed by atoms with Crippen molar-refractivity contribution in [3.8, 4) is 0 Å². The third kappa shape index (κ3) is 2.79. The molecular weight excluding hydrogens is 169 g/mol. The van der Waals surface area contributed by atoms with Crippen molar-refractivity contribution < 1.29 is 9.50 Å². The van der Waals surface area contributed by atoms with Crippen molar-refractivity contribution >= 4 is 0 Å². The van der Waals surface area contributed by atoms with Crippen LogP contribution in [0.1, 0.15) is 11.1 Å². The van der Waals surface area contributed by atoms with Gasteiger partial charge in [-0.3, -0.25) is 0 Å². The number of hydrogen-bond acceptors (Lipinski definition) is 2. The Morgan fingerprint density at radius 2 is 2.23 bits per heavy atom. The van der Waals surface area contributed by atoms with Crippen LogP contribution in [0.25, 0.3) is 0 Å². The van der Waals surface area contributed by atoms with E-state index in [1.807, 2.05) is 0 Å². The predicted octanol–water partition coefficient (Wildman–Crippen LogP) is 0.996. The molecule has 72 valence electrons. The Labute approximate surface area is 77.2 Å². The molecule has 3 N–H and O–H groups in total. The van der Waals surface area contributed by atoms with E-state index in [-0.39, 0.29) is 12.4 Å². The van der Waals surface area contributed by atoms with Gasteiger partial charge in [0.25, 0.3) is 0 Å². The van der Waals surface area contributed by atoms with Crippen molar-refractivity contribution in [2.75, 3.05) is 6.54 Å². The van der Waals surface area contributed by atoms with Gasteiger partial charge < -0.3 is 10.8 Å². The van der Waals surface area contributed by atoms with E-state index < -0.39 is 6.10 Å². The van der Waals surface area contributed by atoms with Gasteiger partial charge in [-0.15, -0.1) is 0 Å². The minimum atomic E-state index is -0.581. The smallest absolute Gasteiger partial charge is 0.126 e. The second kappa shape index (κ2) is 4.35. The van der Waals surface area contributed by atoms with Gasteiger partial charge in [0.1, 0.15) is 5.82 Å². The van der Waals surface area contributed by atoms with Crippen molar-refractivity contribution in [1.29, 1.82) is 0 Å². The van der Waals surface area contributed by atoms with Crippen LogP contribution in [0.3, 0.4) is 0 Å². The maximum absolute atomic E-state index is 13.0. The molecule has 0 spiro atoms. The molecule has 1 rings (SSSR count). The van der Waals surface area contributed by atoms with Crippen molar-refractivity contribution in [3.63, 3.8) is 0 Å². The molecule has 0 amide bonds. The average Bonchev–Trinajstić information content (AvgIpc) is 2.11. The fourth-order valence-electron chi connectivity index (χ4n) is 1.12. The van der Waals surface area contributed by atoms with Crippen LogP contribution >= 0.6 is 0 Å². The van der Waals surface area contributed by atoms with Gasteiger partial charge in [-0.25, -0.2) is 4.39 Å². The summed E-state index contributed by atoms with van der Waals surface area (Å²) in [5.74, 6) is -0.235. The molecule has 2 nitrogen and oxygen atoms in total. The van der Waals surface area contributed by atoms with Crippen LogP contribution < -0.4 is 5.73 Å². The molecule has 0 bridgehead atoms. The van der Waals surface area contributed by atoms with E-state index in [4.69, 9.17) is 5.73 Å². The van der Waals surface area contributed by atoms with Gasteiger partial charge in [0.05, 0.1) is 6.10 Å². The number of halogens is 1. The molecule has 1 aromatic carbocycles. The van der Waals surface area contributed by atoms with Gasteiger partial charge in [0.2, 0.25) is 0 Å². The van der Waals surface area contributed by atoms with E-state index in [2.05, 4.69) is 0 Å². The van der Waals surface area contributed by atoms with Gasteiger partial charge in [0.15, 0.2) is 0 Å². The van der Waals surface area contributed by atoms with E-state index in [1.54, 1.807) is 19.1 Å². The lowest BCUT2D eigenvalue weighted by atomic mass is 10.1. The molecule has 0 aliphatic rings. The zero-order valence-corrected chi connectivity index (χ0v) is 7.63. The fourth-order valence-corrected chi connectivity index (χ4v) is 1.12. The van der Waals surface area contributed by atoms with Crippen molar-refractivity contribution in [1.82, 2.24) is 0 Å². The third-order valence-electron chi connectivity index (χ3n) is 1.98. The highest BCUT2D eigenvalue weighted by molar-refractivity contribution is 5.23. The number of nitrogens with two attached hydrogens (primary N) is 1. The average molecular weight is 183 g/mol. The molecule has 0 aliphatic carbocycles. The maximum Gasteiger partial charge on any atom is 0.126 e. The zero-order valence-electron chi connectivity index (χ0n) is 7.63. The van der Waals surface area contributed by atoms with Crippen molar-refractivity contribution in [2.45, 2.75) is 19.4 Å². The molecule has 0 fully saturated rings. The fraction of sp³-hybridized carbons (Fsp3) is 0.400. The molecule has 1 unspecified atom stereocenters. The first-order valence-electron chi connectivity index (χ1n) is 4.26. The van der Waals surface area contributed by atoms with Gasteiger partial charge in [0, 0.05) is 6.54 Å². The minimum absolute atomic E-state index is 0.204. The Kier molecular flexibility index (Phi) is 3.39. The highest BCUT2D eigenvalue weighted by atomic mass is 19.1. The summed E-state index contributed by atoms with van der Waals surface area (Å²) in [6.45, 7) is 1.91. The second-order valence-corrected chi connectivity index (χ2v) is 3.18. The lowest BCUT2D eigenvalue weighted by molar-refractivity contribution is 0.183. The first-order valence-corrected chi connectivity index (χ1v) is 4.26. The molecule has 13 heavy (non-hydrogen) atoms. The second-order valence-electron chi connectivity index (χ2n) is 3.18. The highest BCUT2D eigenvalue weighted by Crippen LogP contribution is 2.10. The Morgan fingerprint density at radius 1 is 1.54 bits per heavy atom. The van der Waals surface area contributed by atoms with Crippen LogP contribution in [-0.2, 0) is 6.42 Å². The summed E-state index contributed by atoms with van der Waals surface area (Å²) >= 11 is 0. The lowest BCUT2D eigenvalue weighted by Crippen LogP contribution is -2.22. The predicted molar refractivity (Wildman–Crippen MR) is 49.9 cm³/mol. The minimum Gasteiger partial charge on any atom is -0.391 e. The van der Waals surface area contributed by atoms with Crippen LogP contribution in [0.5, 0.6) is 0 Å². The van der Waals surface area contributed by atoms with Crippen LogP contribution in [0.2, 0.25) is 0 Å². The number of aryl methyl sites for hydroxylation is 1. The van der Waals surface area contributed by atoms with Crippen molar-refractivity contribution in [3.05, 3.63) is 35.1 Å². The first-order chi connectivity index (χ1) is 6.13. The Morgan fingerprint density at radius 3 is 2.77 bits per heavy atom. The quantitative estimate of drug-likeness (QED) is 0.734. The van der Waals surface area contributed by atoms with E-state index in [0.29, 0.717) is 12.0 Å². The van der Waals surface area contributed by atoms with Crippen LogP contribution in [0.4, 0.5) is 4.39 Å². The molecule has 0 radical (unpaired) electrons. The van der Waals surface area contributed by atoms with Crippen LogP contribution in [0.15, 0.2) is 18.2 Å². The summed E-state index contributed by atoms with van der Waals surface area (Å²) in [5.41, 5.74) is 6.64. The zero-order chi connectivity index (χ0) is 9.84. The van der Waals surface area contributed by atoms with E-state index in [9.17, 15) is 9.50 Å². The Bertz CT molecular complexity index is 288. The molecule has 0 saturated heterocycles. The van der Waals surface area contributed by atoms with Gasteiger partial charge >= 0.3 is 0 Å². The van der Waals surface area contributed by atoms with Crippen molar-refractivity contribution in [2.24, 2.45) is 5.73 Å². The van der Waals surface area contributed by atoms with E-state index in [0.717, 1.165) is 5.56 Å². The van der Waals surface area contributed by atoms with E-state index >= 15 is 0 Å². The summed E-state index contributed by atoms with van der Waals surface area (Å²) < 4.78 is 13.0. The monoisotopic (exact) mass is 183 g/mol. The molecule has 1 atom stereocenters. The third-order valence-corrected chi connectivity index (χ3v) is 1.98. The summed E-state index contributed by atoms with van der Waals surface area (Å²) in [4.78, 5) is 0. The standard InChI is InChI=1S/C10H14FNO/c1-7-2-3-8(5-10(7)11)4-9(13)6-12/h2-3,5,9,13H,4,6,12H2,1H3. The lowest BCUT2D eigenvalue weighted by Gasteiger charge is -2.07. The SMILES string of the molecule is Cc1ccc(CC(O)CN)cc1F. The van der Waals surface area contributed by atoms with Gasteiger partial charge in [-0.05, 0) is 30.5 Å². The number of aliphatic hydroxyl groups is 1. The van der Waals surface area contributed by atoms with Crippen LogP contribution in [-0.4, -0.2) is 17.8 Å². The summed E-state index contributed by atoms with van der Waals surface area (Å²) in [6, 6.07) is 4.94. The summed E-state index contributed by atoms with van der Waals surface area (Å²) in [6.07, 6.45) is -0.171. The summed E-state index contributed by atoms with van der Waals surface area (Å²) in [5, 5.41) is 9.22. The molecule has 3 heteroatoms. The first kappa shape index (κ1) is 10.2. The molecular formula is C10H14FNO. The topological polar surface area (TPSA) is 46.2 Å². The number of benzene rings is 1. The maximum atomic E-state index is 13.0. The largest absolute Gasteiger partial charge is 0.391 e. The van der Waals surface area contributed by atoms with Gasteiger partial charge in [-0.2, -0.15) is 0 Å². The number of hydrogen-bond donors (Lipinski definition) is 2. The number of aliphatic hydroxyl groups excluding tert-OH is 1.